The number of anilines is 1. The fourth-order valence-corrected chi connectivity index (χ4v) is 4.70. The van der Waals surface area contributed by atoms with E-state index in [-0.39, 0.29) is 28.0 Å². The van der Waals surface area contributed by atoms with E-state index >= 15 is 0 Å². The summed E-state index contributed by atoms with van der Waals surface area (Å²) in [5.41, 5.74) is 4.66. The Kier molecular flexibility index (Phi) is 11.0. The van der Waals surface area contributed by atoms with E-state index in [1.807, 2.05) is 18.2 Å². The molecule has 0 aromatic heterocycles. The largest absolute Gasteiger partial charge is 0.497 e. The summed E-state index contributed by atoms with van der Waals surface area (Å²) in [6.07, 6.45) is 3.82. The van der Waals surface area contributed by atoms with Crippen LogP contribution in [0.3, 0.4) is 0 Å². The predicted molar refractivity (Wildman–Crippen MR) is 148 cm³/mol. The molecule has 4 rings (SSSR count). The molecule has 0 bridgehead atoms. The van der Waals surface area contributed by atoms with E-state index < -0.39 is 11.9 Å². The van der Waals surface area contributed by atoms with E-state index in [0.717, 1.165) is 34.8 Å². The van der Waals surface area contributed by atoms with Crippen LogP contribution in [-0.2, 0) is 33.4 Å². The molecule has 3 aromatic carbocycles. The zero-order valence-electron chi connectivity index (χ0n) is 22.3. The Labute approximate surface area is 238 Å². The number of methoxy groups -OCH3 is 2. The average Bonchev–Trinajstić information content (AvgIpc) is 3.15. The number of nitrogens with zero attached hydrogens (tertiary/aromatic N) is 1. The van der Waals surface area contributed by atoms with E-state index in [2.05, 4.69) is 35.6 Å². The number of rotatable bonds is 7. The van der Waals surface area contributed by atoms with Gasteiger partial charge in [0.1, 0.15) is 11.6 Å². The molecule has 0 aliphatic carbocycles. The Morgan fingerprint density at radius 3 is 2.28 bits per heavy atom. The summed E-state index contributed by atoms with van der Waals surface area (Å²) < 4.78 is 23.6. The fraction of sp³-hybridized carbons (Fsp3) is 0.233. The van der Waals surface area contributed by atoms with Gasteiger partial charge >= 0.3 is 5.97 Å². The number of allylic oxidation sites excluding steroid dienone is 2. The van der Waals surface area contributed by atoms with Gasteiger partial charge in [0, 0.05) is 51.9 Å². The molecule has 0 amide bonds. The van der Waals surface area contributed by atoms with Gasteiger partial charge in [-0.25, -0.2) is 9.18 Å². The van der Waals surface area contributed by atoms with Crippen molar-refractivity contribution in [3.63, 3.8) is 0 Å². The third-order valence-electron chi connectivity index (χ3n) is 6.53. The number of fused-ring (bicyclic) bond motifs is 1. The zero-order valence-corrected chi connectivity index (χ0v) is 23.3. The maximum absolute atomic E-state index is 13.7. The number of likely N-dealkylation sites (N-methyl/N-ethyl adjacent to an activating group) is 1. The smallest absolute Gasteiger partial charge is 0.337 e. The standard InChI is InChI=1S/C21H23FN2O.C9H9NO3.Co/c1-4-24-19-9-8-17(25-3)13-18(19)21(2,20(24)10-11-23)14-15-6-5-7-16(22)12-15;1-13-9(12)7-4-2-6(3-5-7)8(10)11;/h5-13,23H,4,14H2,1-3H3;2-5H,1H3,(H2,10,11);/b20-10-,23-11?;;. The first-order chi connectivity index (χ1) is 18.2. The van der Waals surface area contributed by atoms with Crippen molar-refractivity contribution in [3.8, 4) is 5.75 Å². The summed E-state index contributed by atoms with van der Waals surface area (Å²) in [5.74, 6) is -0.376. The first-order valence-electron chi connectivity index (χ1n) is 12.1. The second-order valence-electron chi connectivity index (χ2n) is 8.90. The summed E-state index contributed by atoms with van der Waals surface area (Å²) in [6, 6.07) is 18.8. The van der Waals surface area contributed by atoms with E-state index in [9.17, 15) is 9.18 Å². The molecule has 1 heterocycles. The van der Waals surface area contributed by atoms with Crippen molar-refractivity contribution in [2.45, 2.75) is 25.7 Å². The minimum absolute atomic E-state index is 0. The molecular formula is C30H32CoFN3O4. The van der Waals surface area contributed by atoms with Crippen molar-refractivity contribution in [2.75, 3.05) is 25.7 Å². The van der Waals surface area contributed by atoms with Gasteiger partial charge in [0.05, 0.1) is 19.8 Å². The second kappa shape index (κ2) is 13.7. The molecule has 1 aliphatic rings. The van der Waals surface area contributed by atoms with Gasteiger partial charge in [0.15, 0.2) is 0 Å². The number of ether oxygens (including phenoxy) is 2. The molecule has 0 fully saturated rings. The normalized spacial score (nSPS) is 16.3. The van der Waals surface area contributed by atoms with Gasteiger partial charge in [0.25, 0.3) is 0 Å². The maximum Gasteiger partial charge on any atom is 0.337 e. The summed E-state index contributed by atoms with van der Waals surface area (Å²) in [6.45, 7) is 5.05. The summed E-state index contributed by atoms with van der Waals surface area (Å²) >= 11 is 0. The van der Waals surface area contributed by atoms with Crippen LogP contribution in [0, 0.1) is 16.6 Å². The quantitative estimate of drug-likeness (QED) is 0.180. The van der Waals surface area contributed by atoms with Crippen LogP contribution in [0.25, 0.3) is 0 Å². The molecule has 9 heteroatoms. The number of esters is 1. The van der Waals surface area contributed by atoms with Gasteiger partial charge in [-0.2, -0.15) is 0 Å². The van der Waals surface area contributed by atoms with Crippen LogP contribution >= 0.6 is 0 Å². The number of aliphatic hydroxyl groups is 1. The number of nitrogens with one attached hydrogen (secondary N) is 2. The monoisotopic (exact) mass is 576 g/mol. The van der Waals surface area contributed by atoms with Crippen LogP contribution in [0.5, 0.6) is 5.75 Å². The topological polar surface area (TPSA) is 107 Å². The van der Waals surface area contributed by atoms with Crippen molar-refractivity contribution < 1.29 is 40.5 Å². The van der Waals surface area contributed by atoms with Crippen LogP contribution in [0.1, 0.15) is 40.9 Å². The molecule has 207 valence electrons. The molecule has 39 heavy (non-hydrogen) atoms. The van der Waals surface area contributed by atoms with Gasteiger partial charge in [-0.3, -0.25) is 5.41 Å². The van der Waals surface area contributed by atoms with Crippen LogP contribution in [0.4, 0.5) is 10.1 Å². The Balaban J connectivity index is 0.000000324. The Hall–Kier alpha value is -3.95. The number of benzene rings is 3. The second-order valence-corrected chi connectivity index (χ2v) is 8.90. The van der Waals surface area contributed by atoms with Gasteiger partial charge in [-0.15, -0.1) is 0 Å². The maximum atomic E-state index is 13.7. The molecule has 3 aromatic rings. The zero-order chi connectivity index (χ0) is 27.9. The number of carbonyl (C=O) groups is 1. The third-order valence-corrected chi connectivity index (χ3v) is 6.53. The molecule has 0 saturated carbocycles. The molecule has 1 unspecified atom stereocenters. The SMILES string of the molecule is CCN1/C(=C\C=N)C(C)(Cc2cccc(F)c2)c2cc(OC)ccc21.COC(=O)c1ccc(C(=N)O)cc1.[Co]. The number of carbonyl (C=O) groups excluding carboxylic acids is 1. The fourth-order valence-electron chi connectivity index (χ4n) is 4.70. The molecule has 0 saturated heterocycles. The molecule has 1 radical (unpaired) electrons. The van der Waals surface area contributed by atoms with Crippen molar-refractivity contribution in [2.24, 2.45) is 0 Å². The van der Waals surface area contributed by atoms with Crippen molar-refractivity contribution in [1.82, 2.24) is 0 Å². The number of halogens is 1. The van der Waals surface area contributed by atoms with E-state index in [4.69, 9.17) is 20.7 Å². The molecule has 1 aliphatic heterocycles. The summed E-state index contributed by atoms with van der Waals surface area (Å²) in [7, 11) is 2.96. The van der Waals surface area contributed by atoms with Crippen LogP contribution in [0.15, 0.2) is 78.5 Å². The minimum atomic E-state index is -0.517. The van der Waals surface area contributed by atoms with Crippen LogP contribution < -0.4 is 9.64 Å². The Morgan fingerprint density at radius 1 is 1.08 bits per heavy atom. The number of hydrogen-bond donors (Lipinski definition) is 3. The first-order valence-corrected chi connectivity index (χ1v) is 12.1. The number of aliphatic hydroxyl groups excluding tert-OH is 1. The van der Waals surface area contributed by atoms with Crippen molar-refractivity contribution in [1.29, 1.82) is 10.8 Å². The minimum Gasteiger partial charge on any atom is -0.497 e. The Morgan fingerprint density at radius 2 is 1.74 bits per heavy atom. The summed E-state index contributed by atoms with van der Waals surface area (Å²) in [4.78, 5) is 13.2. The van der Waals surface area contributed by atoms with Crippen molar-refractivity contribution >= 4 is 23.8 Å². The molecular weight excluding hydrogens is 544 g/mol. The van der Waals surface area contributed by atoms with Gasteiger partial charge in [0.2, 0.25) is 5.90 Å². The molecule has 1 atom stereocenters. The first kappa shape index (κ1) is 31.3. The van der Waals surface area contributed by atoms with Gasteiger partial charge in [-0.1, -0.05) is 12.1 Å². The van der Waals surface area contributed by atoms with Crippen LogP contribution in [-0.4, -0.2) is 44.0 Å². The molecule has 7 nitrogen and oxygen atoms in total. The van der Waals surface area contributed by atoms with Gasteiger partial charge < -0.3 is 24.9 Å². The summed E-state index contributed by atoms with van der Waals surface area (Å²) in [5, 5.41) is 23.3. The number of hydrogen-bond acceptors (Lipinski definition) is 6. The van der Waals surface area contributed by atoms with E-state index in [1.165, 1.54) is 43.7 Å². The van der Waals surface area contributed by atoms with E-state index in [1.54, 1.807) is 19.2 Å². The molecule has 0 spiro atoms. The van der Waals surface area contributed by atoms with Gasteiger partial charge in [-0.05, 0) is 92.1 Å². The predicted octanol–water partition coefficient (Wildman–Crippen LogP) is 6.06. The van der Waals surface area contributed by atoms with Crippen molar-refractivity contribution in [3.05, 3.63) is 107 Å². The van der Waals surface area contributed by atoms with Crippen LogP contribution in [0.2, 0.25) is 0 Å². The van der Waals surface area contributed by atoms with E-state index in [0.29, 0.717) is 17.5 Å². The Bertz CT molecular complexity index is 1360. The average molecular weight is 577 g/mol. The molecule has 3 N–H and O–H groups in total. The third kappa shape index (κ3) is 6.93.